The summed E-state index contributed by atoms with van der Waals surface area (Å²) < 4.78 is 77.9. The van der Waals surface area contributed by atoms with Gasteiger partial charge < -0.3 is 23.6 Å². The van der Waals surface area contributed by atoms with Gasteiger partial charge in [0.05, 0.1) is 11.5 Å². The highest BCUT2D eigenvalue weighted by Crippen LogP contribution is 2.60. The zero-order valence-electron chi connectivity index (χ0n) is 20.6. The third-order valence-corrected chi connectivity index (χ3v) is 8.95. The van der Waals surface area contributed by atoms with Gasteiger partial charge in [0.15, 0.2) is 11.4 Å². The molecule has 1 fully saturated rings. The minimum Gasteiger partial charge on any atom is -0.465 e. The van der Waals surface area contributed by atoms with Crippen LogP contribution in [0.15, 0.2) is 78.2 Å². The van der Waals surface area contributed by atoms with Gasteiger partial charge in [-0.3, -0.25) is 14.4 Å². The molecule has 0 saturated carbocycles. The summed E-state index contributed by atoms with van der Waals surface area (Å²) in [5.74, 6) is -14.5. The molecule has 3 aromatic rings. The summed E-state index contributed by atoms with van der Waals surface area (Å²) >= 11 is 0.733. The number of hydrogen-bond acceptors (Lipinski definition) is 10. The maximum atomic E-state index is 14.6. The van der Waals surface area contributed by atoms with Gasteiger partial charge in [-0.1, -0.05) is 42.5 Å². The Bertz CT molecular complexity index is 1350. The minimum atomic E-state index is -5.68. The van der Waals surface area contributed by atoms with Crippen LogP contribution < -0.4 is 9.05 Å². The smallest absolute Gasteiger partial charge is 0.456 e. The van der Waals surface area contributed by atoms with E-state index in [1.54, 1.807) is 12.1 Å². The number of ether oxygens (including phenoxy) is 2. The van der Waals surface area contributed by atoms with Crippen LogP contribution in [0, 0.1) is 11.8 Å². The molecule has 1 aromatic heterocycles. The molecule has 9 nitrogen and oxygen atoms in total. The lowest BCUT2D eigenvalue weighted by Crippen LogP contribution is -2.54. The Balaban J connectivity index is 1.93. The third kappa shape index (κ3) is 5.63. The van der Waals surface area contributed by atoms with Crippen LogP contribution in [0.3, 0.4) is 0 Å². The van der Waals surface area contributed by atoms with Gasteiger partial charge in [-0.15, -0.1) is 11.3 Å². The van der Waals surface area contributed by atoms with Gasteiger partial charge >= 0.3 is 31.5 Å². The summed E-state index contributed by atoms with van der Waals surface area (Å²) in [4.78, 5) is 39.7. The number of alkyl halides is 3. The molecule has 0 aliphatic carbocycles. The third-order valence-electron chi connectivity index (χ3n) is 5.92. The number of aliphatic hydroxyl groups is 1. The molecule has 2 heterocycles. The van der Waals surface area contributed by atoms with Crippen LogP contribution >= 0.6 is 18.9 Å². The largest absolute Gasteiger partial charge is 0.465 e. The van der Waals surface area contributed by atoms with E-state index >= 15 is 0 Å². The molecule has 2 aromatic carbocycles. The van der Waals surface area contributed by atoms with E-state index in [4.69, 9.17) is 13.8 Å². The second-order valence-corrected chi connectivity index (χ2v) is 11.5. The van der Waals surface area contributed by atoms with Crippen molar-refractivity contribution in [3.05, 3.63) is 83.1 Å². The maximum Gasteiger partial charge on any atom is 0.456 e. The first kappa shape index (κ1) is 29.3. The first-order valence-corrected chi connectivity index (χ1v) is 14.3. The molecule has 1 N–H and O–H groups in total. The molecule has 0 spiro atoms. The van der Waals surface area contributed by atoms with Crippen molar-refractivity contribution in [3.63, 3.8) is 0 Å². The number of ketones is 1. The molecule has 4 atom stereocenters. The van der Waals surface area contributed by atoms with Gasteiger partial charge in [0.2, 0.25) is 0 Å². The number of hydrogen-bond donors (Lipinski definition) is 1. The number of para-hydroxylation sites is 2. The average Bonchev–Trinajstić information content (AvgIpc) is 3.52. The van der Waals surface area contributed by atoms with E-state index in [9.17, 15) is 37.2 Å². The van der Waals surface area contributed by atoms with E-state index in [1.807, 2.05) is 0 Å². The first-order valence-electron chi connectivity index (χ1n) is 11.8. The van der Waals surface area contributed by atoms with Crippen molar-refractivity contribution in [2.45, 2.75) is 24.5 Å². The second kappa shape index (κ2) is 11.4. The molecular formula is C26H22F3O9PS. The van der Waals surface area contributed by atoms with E-state index in [1.165, 1.54) is 73.0 Å². The highest BCUT2D eigenvalue weighted by Gasteiger charge is 2.76. The molecule has 4 rings (SSSR count). The standard InChI is InChI=1S/C26H22F3O9PS/c1-2-35-24(32)22(39(34,37-16-10-5-3-6-11-16)38-17-12-7-4-8-13-17)19-20(21(30)18-14-9-15-40-18)25(33,26(27,28)29)36-23(19)31/h3-15,19-20,22,33H,2H2,1H3/t19-,20-,22+,25+/m0/s1. The second-order valence-electron chi connectivity index (χ2n) is 8.51. The van der Waals surface area contributed by atoms with Crippen LogP contribution in [0.5, 0.6) is 11.5 Å². The Morgan fingerprint density at radius 1 is 1.02 bits per heavy atom. The number of cyclic esters (lactones) is 1. The van der Waals surface area contributed by atoms with Crippen LogP contribution in [0.25, 0.3) is 0 Å². The molecule has 0 bridgehead atoms. The maximum absolute atomic E-state index is 14.6. The van der Waals surface area contributed by atoms with Crippen molar-refractivity contribution in [1.29, 1.82) is 0 Å². The van der Waals surface area contributed by atoms with Crippen molar-refractivity contribution < 1.29 is 55.7 Å². The fourth-order valence-electron chi connectivity index (χ4n) is 4.21. The fraction of sp³-hybridized carbons (Fsp3) is 0.269. The average molecular weight is 598 g/mol. The number of rotatable bonds is 10. The van der Waals surface area contributed by atoms with Crippen LogP contribution in [-0.2, 0) is 23.6 Å². The number of esters is 2. The van der Waals surface area contributed by atoms with Gasteiger partial charge in [-0.2, -0.15) is 13.2 Å². The summed E-state index contributed by atoms with van der Waals surface area (Å²) in [5, 5.41) is 12.1. The van der Waals surface area contributed by atoms with Crippen molar-refractivity contribution in [2.24, 2.45) is 11.8 Å². The molecule has 14 heteroatoms. The zero-order valence-corrected chi connectivity index (χ0v) is 22.4. The molecule has 40 heavy (non-hydrogen) atoms. The highest BCUT2D eigenvalue weighted by molar-refractivity contribution is 7.56. The summed E-state index contributed by atoms with van der Waals surface area (Å²) in [6.07, 6.45) is -5.68. The lowest BCUT2D eigenvalue weighted by atomic mass is 9.81. The summed E-state index contributed by atoms with van der Waals surface area (Å²) in [7, 11) is -5.11. The van der Waals surface area contributed by atoms with Crippen LogP contribution in [0.4, 0.5) is 13.2 Å². The lowest BCUT2D eigenvalue weighted by Gasteiger charge is -2.33. The topological polar surface area (TPSA) is 125 Å². The molecule has 212 valence electrons. The van der Waals surface area contributed by atoms with Crippen molar-refractivity contribution in [3.8, 4) is 11.5 Å². The summed E-state index contributed by atoms with van der Waals surface area (Å²) in [6.45, 7) is 1.02. The predicted molar refractivity (Wildman–Crippen MR) is 135 cm³/mol. The van der Waals surface area contributed by atoms with Crippen molar-refractivity contribution >= 4 is 36.7 Å². The van der Waals surface area contributed by atoms with Gasteiger partial charge in [0, 0.05) is 0 Å². The van der Waals surface area contributed by atoms with E-state index < -0.39 is 54.8 Å². The number of halogens is 3. The SMILES string of the molecule is CCOC(=O)[C@@H]([C@H]1C(=O)O[C@@](O)(C(F)(F)F)[C@@H]1C(=O)c1cccs1)P(=O)(Oc1ccccc1)Oc1ccccc1. The van der Waals surface area contributed by atoms with E-state index in [0.717, 1.165) is 11.3 Å². The first-order chi connectivity index (χ1) is 18.9. The van der Waals surface area contributed by atoms with Crippen LogP contribution in [0.1, 0.15) is 16.6 Å². The van der Waals surface area contributed by atoms with E-state index in [2.05, 4.69) is 4.74 Å². The van der Waals surface area contributed by atoms with Crippen molar-refractivity contribution in [1.82, 2.24) is 0 Å². The molecule has 0 amide bonds. The van der Waals surface area contributed by atoms with Gasteiger partial charge in [0.1, 0.15) is 23.3 Å². The highest BCUT2D eigenvalue weighted by atomic mass is 32.1. The Labute approximate surface area is 230 Å². The zero-order chi connectivity index (χ0) is 29.1. The van der Waals surface area contributed by atoms with Gasteiger partial charge in [-0.05, 0) is 42.6 Å². The number of Topliss-reactive ketones (excluding diaryl/α,β-unsaturated/α-hetero) is 1. The van der Waals surface area contributed by atoms with Crippen LogP contribution in [-0.4, -0.2) is 47.1 Å². The Hall–Kier alpha value is -3.67. The predicted octanol–water partition coefficient (Wildman–Crippen LogP) is 5.25. The summed E-state index contributed by atoms with van der Waals surface area (Å²) in [6, 6.07) is 17.0. The van der Waals surface area contributed by atoms with Gasteiger partial charge in [0.25, 0.3) is 0 Å². The number of thiophene rings is 1. The van der Waals surface area contributed by atoms with Crippen molar-refractivity contribution in [2.75, 3.05) is 6.61 Å². The fourth-order valence-corrected chi connectivity index (χ4v) is 7.03. The minimum absolute atomic E-state index is 0.130. The van der Waals surface area contributed by atoms with E-state index in [0.29, 0.717) is 0 Å². The molecular weight excluding hydrogens is 576 g/mol. The monoisotopic (exact) mass is 598 g/mol. The van der Waals surface area contributed by atoms with Gasteiger partial charge in [-0.25, -0.2) is 4.57 Å². The Morgan fingerprint density at radius 2 is 1.57 bits per heavy atom. The van der Waals surface area contributed by atoms with Crippen LogP contribution in [0.2, 0.25) is 0 Å². The summed E-state index contributed by atoms with van der Waals surface area (Å²) in [5.41, 5.74) is -2.47. The molecule has 0 unspecified atom stereocenters. The molecule has 0 radical (unpaired) electrons. The van der Waals surface area contributed by atoms with E-state index in [-0.39, 0.29) is 23.0 Å². The molecule has 1 aliphatic heterocycles. The Morgan fingerprint density at radius 3 is 2.02 bits per heavy atom. The lowest BCUT2D eigenvalue weighted by molar-refractivity contribution is -0.350. The normalized spacial score (nSPS) is 21.8. The molecule has 1 aliphatic rings. The number of benzene rings is 2. The quantitative estimate of drug-likeness (QED) is 0.189. The molecule has 1 saturated heterocycles. The Kier molecular flexibility index (Phi) is 8.38. The number of carbonyl (C=O) groups is 3. The number of carbonyl (C=O) groups excluding carboxylic acids is 3.